The highest BCUT2D eigenvalue weighted by Gasteiger charge is 2.50. The molecule has 2 aliphatic heterocycles. The summed E-state index contributed by atoms with van der Waals surface area (Å²) in [6.45, 7) is 0.752. The molecule has 0 unspecified atom stereocenters. The minimum Gasteiger partial charge on any atom is -0.508 e. The molecule has 1 aromatic heterocycles. The Morgan fingerprint density at radius 3 is 2.56 bits per heavy atom. The van der Waals surface area contributed by atoms with E-state index in [1.54, 1.807) is 57.3 Å². The van der Waals surface area contributed by atoms with E-state index in [2.05, 4.69) is 15.5 Å². The minimum atomic E-state index is -0.820. The van der Waals surface area contributed by atoms with Gasteiger partial charge in [-0.15, -0.1) is 0 Å². The van der Waals surface area contributed by atoms with Gasteiger partial charge in [-0.25, -0.2) is 14.8 Å². The van der Waals surface area contributed by atoms with E-state index < -0.39 is 12.2 Å². The van der Waals surface area contributed by atoms with Gasteiger partial charge in [-0.05, 0) is 34.9 Å². The molecule has 41 heavy (non-hydrogen) atoms. The maximum atomic E-state index is 14.0. The molecular formula is C30H31N7O4. The molecule has 0 radical (unpaired) electrons. The molecule has 2 saturated heterocycles. The lowest BCUT2D eigenvalue weighted by molar-refractivity contribution is -0.187. The van der Waals surface area contributed by atoms with E-state index in [-0.39, 0.29) is 43.1 Å². The third-order valence-corrected chi connectivity index (χ3v) is 7.68. The number of carbonyl (C=O) groups excluding carboxylic acids is 3. The van der Waals surface area contributed by atoms with E-state index in [1.807, 2.05) is 48.5 Å². The monoisotopic (exact) mass is 553 g/mol. The molecule has 3 aromatic carbocycles. The summed E-state index contributed by atoms with van der Waals surface area (Å²) < 4.78 is 0. The first kappa shape index (κ1) is 26.3. The smallest absolute Gasteiger partial charge is 0.334 e. The number of hydrogen-bond donors (Lipinski definition) is 3. The van der Waals surface area contributed by atoms with Crippen molar-refractivity contribution in [3.63, 3.8) is 0 Å². The van der Waals surface area contributed by atoms with Crippen molar-refractivity contribution in [3.05, 3.63) is 95.7 Å². The number of phenols is 1. The van der Waals surface area contributed by atoms with Gasteiger partial charge in [-0.1, -0.05) is 54.6 Å². The number of piperazine rings is 1. The second-order valence-corrected chi connectivity index (χ2v) is 10.5. The lowest BCUT2D eigenvalue weighted by Crippen LogP contribution is -2.76. The van der Waals surface area contributed by atoms with Crippen LogP contribution in [-0.4, -0.2) is 85.3 Å². The maximum absolute atomic E-state index is 14.0. The normalized spacial score (nSPS) is 19.5. The van der Waals surface area contributed by atoms with Crippen LogP contribution in [0.25, 0.3) is 10.9 Å². The molecule has 11 heteroatoms. The number of hydrogen-bond acceptors (Lipinski definition) is 6. The predicted molar refractivity (Wildman–Crippen MR) is 151 cm³/mol. The van der Waals surface area contributed by atoms with Crippen LogP contribution in [0.15, 0.2) is 79.0 Å². The highest BCUT2D eigenvalue weighted by atomic mass is 16.3. The average Bonchev–Trinajstić information content (AvgIpc) is 3.44. The molecule has 0 bridgehead atoms. The van der Waals surface area contributed by atoms with Crippen LogP contribution in [0.1, 0.15) is 16.7 Å². The Hall–Kier alpha value is -4.90. The van der Waals surface area contributed by atoms with Crippen LogP contribution >= 0.6 is 0 Å². The lowest BCUT2D eigenvalue weighted by atomic mass is 9.98. The number of carbonyl (C=O) groups is 3. The molecule has 3 N–H and O–H groups in total. The van der Waals surface area contributed by atoms with E-state index in [1.165, 1.54) is 0 Å². The summed E-state index contributed by atoms with van der Waals surface area (Å²) in [6, 6.07) is 20.9. The molecule has 4 aromatic rings. The molecule has 210 valence electrons. The molecule has 3 heterocycles. The van der Waals surface area contributed by atoms with E-state index in [0.717, 1.165) is 27.6 Å². The van der Waals surface area contributed by atoms with Crippen LogP contribution in [0, 0.1) is 0 Å². The van der Waals surface area contributed by atoms with Crippen LogP contribution in [0.5, 0.6) is 5.75 Å². The summed E-state index contributed by atoms with van der Waals surface area (Å²) in [4.78, 5) is 44.4. The summed E-state index contributed by atoms with van der Waals surface area (Å²) in [5.74, 6) is -0.295. The van der Waals surface area contributed by atoms with Crippen molar-refractivity contribution in [1.29, 1.82) is 0 Å². The van der Waals surface area contributed by atoms with Gasteiger partial charge in [-0.2, -0.15) is 5.10 Å². The zero-order valence-corrected chi connectivity index (χ0v) is 22.6. The van der Waals surface area contributed by atoms with E-state index in [0.29, 0.717) is 13.1 Å². The zero-order valence-electron chi connectivity index (χ0n) is 22.6. The number of rotatable bonds is 6. The van der Waals surface area contributed by atoms with Crippen molar-refractivity contribution in [2.45, 2.75) is 31.7 Å². The number of H-pyrrole nitrogens is 1. The van der Waals surface area contributed by atoms with Gasteiger partial charge in [0, 0.05) is 31.9 Å². The second-order valence-electron chi connectivity index (χ2n) is 10.5. The van der Waals surface area contributed by atoms with Crippen molar-refractivity contribution in [3.8, 4) is 5.75 Å². The molecule has 2 fully saturated rings. The molecular weight excluding hydrogens is 522 g/mol. The molecule has 4 amide bonds. The third-order valence-electron chi connectivity index (χ3n) is 7.68. The Morgan fingerprint density at radius 1 is 1.02 bits per heavy atom. The summed E-state index contributed by atoms with van der Waals surface area (Å²) in [6.07, 6.45) is 1.29. The van der Waals surface area contributed by atoms with Gasteiger partial charge in [0.1, 0.15) is 18.0 Å². The Kier molecular flexibility index (Phi) is 7.02. The Labute approximate surface area is 236 Å². The van der Waals surface area contributed by atoms with Gasteiger partial charge in [0.2, 0.25) is 11.8 Å². The fourth-order valence-corrected chi connectivity index (χ4v) is 5.66. The Balaban J connectivity index is 1.32. The molecule has 6 rings (SSSR count). The Bertz CT molecular complexity index is 1570. The first-order chi connectivity index (χ1) is 19.9. The van der Waals surface area contributed by atoms with Crippen molar-refractivity contribution in [2.24, 2.45) is 0 Å². The van der Waals surface area contributed by atoms with E-state index in [9.17, 15) is 19.5 Å². The number of urea groups is 1. The SMILES string of the molecule is CN1CC(=O)N2[C@@H](Cc3ccc(O)cc3)C(=O)N(Cc3ccc4cn[nH]c4c3)C[C@@H]2N1C(=O)NCc1ccccc1. The van der Waals surface area contributed by atoms with Crippen LogP contribution in [0.3, 0.4) is 0 Å². The van der Waals surface area contributed by atoms with Crippen molar-refractivity contribution in [2.75, 3.05) is 20.1 Å². The highest BCUT2D eigenvalue weighted by Crippen LogP contribution is 2.29. The zero-order chi connectivity index (χ0) is 28.5. The first-order valence-electron chi connectivity index (χ1n) is 13.5. The number of amides is 4. The minimum absolute atomic E-state index is 0.0366. The third kappa shape index (κ3) is 5.31. The fourth-order valence-electron chi connectivity index (χ4n) is 5.66. The second kappa shape index (κ2) is 10.9. The molecule has 0 aliphatic carbocycles. The molecule has 2 atom stereocenters. The van der Waals surface area contributed by atoms with Gasteiger partial charge < -0.3 is 20.2 Å². The van der Waals surface area contributed by atoms with Gasteiger partial charge in [0.05, 0.1) is 24.8 Å². The average molecular weight is 554 g/mol. The molecule has 0 spiro atoms. The Morgan fingerprint density at radius 2 is 1.78 bits per heavy atom. The van der Waals surface area contributed by atoms with E-state index >= 15 is 0 Å². The molecule has 0 saturated carbocycles. The summed E-state index contributed by atoms with van der Waals surface area (Å²) in [5, 5.41) is 23.9. The predicted octanol–water partition coefficient (Wildman–Crippen LogP) is 2.45. The summed E-state index contributed by atoms with van der Waals surface area (Å²) >= 11 is 0. The molecule has 2 aliphatic rings. The summed E-state index contributed by atoms with van der Waals surface area (Å²) in [7, 11) is 1.71. The van der Waals surface area contributed by atoms with Crippen molar-refractivity contribution in [1.82, 2.24) is 35.3 Å². The quantitative estimate of drug-likeness (QED) is 0.337. The number of aromatic hydroxyl groups is 1. The first-order valence-corrected chi connectivity index (χ1v) is 13.5. The van der Waals surface area contributed by atoms with Crippen LogP contribution in [0.4, 0.5) is 4.79 Å². The standard InChI is InChI=1S/C30H31N7O4/c1-34-19-28(39)36-26(14-20-8-11-24(38)12-9-20)29(40)35(17-22-7-10-23-16-32-33-25(23)13-22)18-27(36)37(34)30(41)31-15-21-5-3-2-4-6-21/h2-13,16,26-27,38H,14-15,17-19H2,1H3,(H,31,41)(H,32,33)/t26-,27-/m0/s1. The van der Waals surface area contributed by atoms with Crippen molar-refractivity contribution < 1.29 is 19.5 Å². The van der Waals surface area contributed by atoms with Crippen molar-refractivity contribution >= 4 is 28.7 Å². The summed E-state index contributed by atoms with van der Waals surface area (Å²) in [5.41, 5.74) is 3.52. The van der Waals surface area contributed by atoms with Gasteiger partial charge in [0.15, 0.2) is 0 Å². The number of phenolic OH excluding ortho intramolecular Hbond substituents is 1. The van der Waals surface area contributed by atoms with Gasteiger partial charge in [0.25, 0.3) is 0 Å². The fraction of sp³-hybridized carbons (Fsp3) is 0.267. The van der Waals surface area contributed by atoms with Crippen LogP contribution in [-0.2, 0) is 29.1 Å². The highest BCUT2D eigenvalue weighted by molar-refractivity contribution is 5.91. The molecule has 11 nitrogen and oxygen atoms in total. The number of benzene rings is 3. The number of nitrogens with zero attached hydrogens (tertiary/aromatic N) is 5. The maximum Gasteiger partial charge on any atom is 0.334 e. The van der Waals surface area contributed by atoms with Crippen LogP contribution in [0.2, 0.25) is 0 Å². The number of aromatic amines is 1. The number of nitrogens with one attached hydrogen (secondary N) is 2. The number of hydrazine groups is 1. The number of aromatic nitrogens is 2. The number of likely N-dealkylation sites (N-methyl/N-ethyl adjacent to an activating group) is 1. The van der Waals surface area contributed by atoms with Gasteiger partial charge >= 0.3 is 6.03 Å². The largest absolute Gasteiger partial charge is 0.508 e. The van der Waals surface area contributed by atoms with Gasteiger partial charge in [-0.3, -0.25) is 14.7 Å². The van der Waals surface area contributed by atoms with E-state index in [4.69, 9.17) is 0 Å². The lowest BCUT2D eigenvalue weighted by Gasteiger charge is -2.54. The number of fused-ring (bicyclic) bond motifs is 2. The topological polar surface area (TPSA) is 125 Å². The van der Waals surface area contributed by atoms with Crippen LogP contribution < -0.4 is 5.32 Å².